The number of benzene rings is 1. The standard InChI is InChI=1S/C21H29FN2O2S/c1-13(2)19(24-20(25)14-6-4-3-5-7-14)21(26)23-17-10-11-27-18-9-8-15(22)12-16(17)18/h8-9,12-14,17,19H,3-7,10-11H2,1-2H3,(H,23,26)(H,24,25)/t17-,19+/m1/s1. The molecule has 1 aliphatic carbocycles. The van der Waals surface area contributed by atoms with Crippen LogP contribution >= 0.6 is 11.8 Å². The second kappa shape index (κ2) is 9.09. The van der Waals surface area contributed by atoms with E-state index in [1.165, 1.54) is 18.6 Å². The number of rotatable bonds is 5. The lowest BCUT2D eigenvalue weighted by Gasteiger charge is -2.30. The number of nitrogens with one attached hydrogen (secondary N) is 2. The van der Waals surface area contributed by atoms with Crippen molar-refractivity contribution < 1.29 is 14.0 Å². The van der Waals surface area contributed by atoms with Crippen LogP contribution < -0.4 is 10.6 Å². The molecule has 3 rings (SSSR count). The summed E-state index contributed by atoms with van der Waals surface area (Å²) in [6.07, 6.45) is 5.93. The minimum atomic E-state index is -0.564. The molecule has 0 saturated heterocycles. The van der Waals surface area contributed by atoms with Gasteiger partial charge in [0.1, 0.15) is 11.9 Å². The van der Waals surface area contributed by atoms with Gasteiger partial charge in [-0.05, 0) is 48.9 Å². The van der Waals surface area contributed by atoms with Gasteiger partial charge in [0, 0.05) is 16.6 Å². The minimum absolute atomic E-state index is 0.00538. The number of carbonyl (C=O) groups is 2. The zero-order valence-corrected chi connectivity index (χ0v) is 16.9. The third kappa shape index (κ3) is 5.03. The Morgan fingerprint density at radius 2 is 1.89 bits per heavy atom. The Balaban J connectivity index is 1.67. The zero-order chi connectivity index (χ0) is 19.4. The summed E-state index contributed by atoms with van der Waals surface area (Å²) in [5.41, 5.74) is 0.834. The van der Waals surface area contributed by atoms with Gasteiger partial charge in [-0.25, -0.2) is 4.39 Å². The second-order valence-electron chi connectivity index (χ2n) is 7.95. The Labute approximate surface area is 165 Å². The fraction of sp³-hybridized carbons (Fsp3) is 0.619. The first kappa shape index (κ1) is 20.2. The number of carbonyl (C=O) groups excluding carboxylic acids is 2. The summed E-state index contributed by atoms with van der Waals surface area (Å²) in [6.45, 7) is 3.88. The lowest BCUT2D eigenvalue weighted by Crippen LogP contribution is -2.52. The summed E-state index contributed by atoms with van der Waals surface area (Å²) >= 11 is 1.68. The van der Waals surface area contributed by atoms with Crippen molar-refractivity contribution in [3.63, 3.8) is 0 Å². The van der Waals surface area contributed by atoms with Gasteiger partial charge in [0.15, 0.2) is 0 Å². The molecule has 148 valence electrons. The van der Waals surface area contributed by atoms with Crippen LogP contribution in [0.2, 0.25) is 0 Å². The van der Waals surface area contributed by atoms with Crippen molar-refractivity contribution in [3.05, 3.63) is 29.6 Å². The number of fused-ring (bicyclic) bond motifs is 1. The maximum absolute atomic E-state index is 13.7. The van der Waals surface area contributed by atoms with Crippen LogP contribution in [-0.4, -0.2) is 23.6 Å². The molecular weight excluding hydrogens is 363 g/mol. The molecule has 2 N–H and O–H groups in total. The van der Waals surface area contributed by atoms with E-state index in [4.69, 9.17) is 0 Å². The fourth-order valence-corrected chi connectivity index (χ4v) is 5.05. The van der Waals surface area contributed by atoms with E-state index in [9.17, 15) is 14.0 Å². The molecule has 6 heteroatoms. The molecule has 1 aromatic rings. The van der Waals surface area contributed by atoms with Gasteiger partial charge in [-0.15, -0.1) is 11.8 Å². The highest BCUT2D eigenvalue weighted by atomic mass is 32.2. The summed E-state index contributed by atoms with van der Waals surface area (Å²) in [5, 5.41) is 6.04. The largest absolute Gasteiger partial charge is 0.347 e. The van der Waals surface area contributed by atoms with Crippen molar-refractivity contribution in [2.75, 3.05) is 5.75 Å². The number of hydrogen-bond donors (Lipinski definition) is 2. The molecule has 1 saturated carbocycles. The van der Waals surface area contributed by atoms with Crippen LogP contribution in [0.5, 0.6) is 0 Å². The van der Waals surface area contributed by atoms with E-state index in [0.29, 0.717) is 0 Å². The Kier molecular flexibility index (Phi) is 6.79. The van der Waals surface area contributed by atoms with Crippen LogP contribution in [0.15, 0.2) is 23.1 Å². The van der Waals surface area contributed by atoms with Crippen molar-refractivity contribution in [3.8, 4) is 0 Å². The van der Waals surface area contributed by atoms with Crippen LogP contribution in [0.1, 0.15) is 64.0 Å². The van der Waals surface area contributed by atoms with Crippen LogP contribution in [0.25, 0.3) is 0 Å². The first-order valence-electron chi connectivity index (χ1n) is 9.98. The third-order valence-electron chi connectivity index (χ3n) is 5.55. The average molecular weight is 393 g/mol. The first-order chi connectivity index (χ1) is 13.0. The highest BCUT2D eigenvalue weighted by molar-refractivity contribution is 7.99. The molecular formula is C21H29FN2O2S. The van der Waals surface area contributed by atoms with Crippen LogP contribution in [0, 0.1) is 17.7 Å². The summed E-state index contributed by atoms with van der Waals surface area (Å²) < 4.78 is 13.7. The molecule has 4 nitrogen and oxygen atoms in total. The molecule has 1 aromatic carbocycles. The number of halogens is 1. The van der Waals surface area contributed by atoms with Gasteiger partial charge in [-0.3, -0.25) is 9.59 Å². The van der Waals surface area contributed by atoms with E-state index in [1.54, 1.807) is 17.8 Å². The first-order valence-corrected chi connectivity index (χ1v) is 11.0. The number of hydrogen-bond acceptors (Lipinski definition) is 3. The Hall–Kier alpha value is -1.56. The lowest BCUT2D eigenvalue weighted by molar-refractivity contribution is -0.133. The van der Waals surface area contributed by atoms with E-state index in [-0.39, 0.29) is 35.5 Å². The van der Waals surface area contributed by atoms with Gasteiger partial charge in [0.05, 0.1) is 6.04 Å². The summed E-state index contributed by atoms with van der Waals surface area (Å²) in [6, 6.07) is 3.97. The van der Waals surface area contributed by atoms with E-state index < -0.39 is 6.04 Å². The van der Waals surface area contributed by atoms with Crippen molar-refractivity contribution >= 4 is 23.6 Å². The number of amides is 2. The average Bonchev–Trinajstić information content (AvgIpc) is 2.66. The van der Waals surface area contributed by atoms with Gasteiger partial charge in [0.2, 0.25) is 11.8 Å². The molecule has 0 bridgehead atoms. The van der Waals surface area contributed by atoms with Crippen molar-refractivity contribution in [1.82, 2.24) is 10.6 Å². The quantitative estimate of drug-likeness (QED) is 0.790. The molecule has 2 amide bonds. The van der Waals surface area contributed by atoms with Crippen LogP contribution in [0.4, 0.5) is 4.39 Å². The topological polar surface area (TPSA) is 58.2 Å². The van der Waals surface area contributed by atoms with Crippen molar-refractivity contribution in [2.45, 2.75) is 69.4 Å². The molecule has 1 fully saturated rings. The molecule has 0 radical (unpaired) electrons. The minimum Gasteiger partial charge on any atom is -0.347 e. The molecule has 2 aliphatic rings. The Bertz CT molecular complexity index is 689. The molecule has 0 unspecified atom stereocenters. The van der Waals surface area contributed by atoms with E-state index in [0.717, 1.165) is 48.3 Å². The highest BCUT2D eigenvalue weighted by Gasteiger charge is 2.31. The highest BCUT2D eigenvalue weighted by Crippen LogP contribution is 2.36. The van der Waals surface area contributed by atoms with Crippen LogP contribution in [-0.2, 0) is 9.59 Å². The maximum atomic E-state index is 13.7. The van der Waals surface area contributed by atoms with E-state index >= 15 is 0 Å². The van der Waals surface area contributed by atoms with Gasteiger partial charge < -0.3 is 10.6 Å². The Morgan fingerprint density at radius 3 is 2.59 bits per heavy atom. The third-order valence-corrected chi connectivity index (χ3v) is 6.67. The second-order valence-corrected chi connectivity index (χ2v) is 9.08. The molecule has 2 atom stereocenters. The molecule has 0 aromatic heterocycles. The van der Waals surface area contributed by atoms with E-state index in [2.05, 4.69) is 10.6 Å². The van der Waals surface area contributed by atoms with Gasteiger partial charge in [-0.2, -0.15) is 0 Å². The molecule has 27 heavy (non-hydrogen) atoms. The fourth-order valence-electron chi connectivity index (χ4n) is 3.95. The predicted molar refractivity (Wildman–Crippen MR) is 106 cm³/mol. The predicted octanol–water partition coefficient (Wildman–Crippen LogP) is 4.20. The van der Waals surface area contributed by atoms with Gasteiger partial charge in [0.25, 0.3) is 0 Å². The SMILES string of the molecule is CC(C)[C@H](NC(=O)C1CCCCC1)C(=O)N[C@@H]1CCSc2ccc(F)cc21. The summed E-state index contributed by atoms with van der Waals surface area (Å²) in [5.74, 6) is 0.415. The Morgan fingerprint density at radius 1 is 1.15 bits per heavy atom. The van der Waals surface area contributed by atoms with Crippen LogP contribution in [0.3, 0.4) is 0 Å². The van der Waals surface area contributed by atoms with Gasteiger partial charge >= 0.3 is 0 Å². The molecule has 1 heterocycles. The van der Waals surface area contributed by atoms with Crippen molar-refractivity contribution in [2.24, 2.45) is 11.8 Å². The molecule has 0 spiro atoms. The maximum Gasteiger partial charge on any atom is 0.243 e. The van der Waals surface area contributed by atoms with E-state index in [1.807, 2.05) is 13.8 Å². The lowest BCUT2D eigenvalue weighted by atomic mass is 9.88. The normalized spacial score (nSPS) is 21.4. The number of thioether (sulfide) groups is 1. The smallest absolute Gasteiger partial charge is 0.243 e. The zero-order valence-electron chi connectivity index (χ0n) is 16.1. The van der Waals surface area contributed by atoms with Crippen molar-refractivity contribution in [1.29, 1.82) is 0 Å². The van der Waals surface area contributed by atoms with Gasteiger partial charge in [-0.1, -0.05) is 33.1 Å². The summed E-state index contributed by atoms with van der Waals surface area (Å²) in [7, 11) is 0. The summed E-state index contributed by atoms with van der Waals surface area (Å²) in [4.78, 5) is 26.6. The molecule has 1 aliphatic heterocycles. The monoisotopic (exact) mass is 392 g/mol.